The van der Waals surface area contributed by atoms with Crippen LogP contribution in [-0.4, -0.2) is 59.6 Å². The van der Waals surface area contributed by atoms with Crippen LogP contribution in [0, 0.1) is 25.7 Å². The summed E-state index contributed by atoms with van der Waals surface area (Å²) in [6.07, 6.45) is 0. The van der Waals surface area contributed by atoms with E-state index < -0.39 is 10.0 Å². The Morgan fingerprint density at radius 1 is 1.02 bits per heavy atom. The number of rotatable bonds is 13. The van der Waals surface area contributed by atoms with E-state index in [1.165, 1.54) is 27.8 Å². The first-order chi connectivity index (χ1) is 19.9. The summed E-state index contributed by atoms with van der Waals surface area (Å²) in [6, 6.07) is 14.0. The van der Waals surface area contributed by atoms with E-state index in [9.17, 15) is 13.2 Å². The Morgan fingerprint density at radius 3 is 2.26 bits per heavy atom. The molecule has 1 amide bonds. The summed E-state index contributed by atoms with van der Waals surface area (Å²) in [6.45, 7) is 16.1. The van der Waals surface area contributed by atoms with Crippen LogP contribution in [0.4, 0.5) is 5.13 Å². The normalized spacial score (nSPS) is 12.1. The van der Waals surface area contributed by atoms with Crippen molar-refractivity contribution in [1.82, 2.24) is 19.1 Å². The molecular weight excluding hydrogens is 571 g/mol. The first kappa shape index (κ1) is 31.7. The maximum absolute atomic E-state index is 14.0. The first-order valence-corrected chi connectivity index (χ1v) is 16.6. The number of benzene rings is 2. The monoisotopic (exact) mass is 611 g/mol. The lowest BCUT2D eigenvalue weighted by Crippen LogP contribution is -2.37. The molecule has 0 spiro atoms. The second kappa shape index (κ2) is 13.4. The fraction of sp³-hybridized carbons (Fsp3) is 0.452. The zero-order valence-corrected chi connectivity index (χ0v) is 27.1. The molecule has 2 aromatic carbocycles. The Hall–Kier alpha value is -3.28. The number of amides is 1. The molecule has 0 aliphatic carbocycles. The van der Waals surface area contributed by atoms with Crippen LogP contribution in [-0.2, 0) is 16.6 Å². The Morgan fingerprint density at radius 2 is 1.69 bits per heavy atom. The van der Waals surface area contributed by atoms with Crippen molar-refractivity contribution in [2.75, 3.05) is 31.1 Å². The Labute approximate surface area is 253 Å². The van der Waals surface area contributed by atoms with E-state index in [1.54, 1.807) is 17.0 Å². The third kappa shape index (κ3) is 7.19. The zero-order chi connectivity index (χ0) is 30.6. The van der Waals surface area contributed by atoms with Crippen molar-refractivity contribution < 1.29 is 17.9 Å². The number of nitrogens with zero attached hydrogens (tertiary/aromatic N) is 5. The summed E-state index contributed by atoms with van der Waals surface area (Å²) in [5.41, 5.74) is 3.00. The van der Waals surface area contributed by atoms with Crippen LogP contribution in [0.2, 0.25) is 0 Å². The second-order valence-electron chi connectivity index (χ2n) is 11.3. The molecule has 0 N–H and O–H groups in total. The van der Waals surface area contributed by atoms with Gasteiger partial charge in [0.2, 0.25) is 10.0 Å². The number of carbonyl (C=O) groups is 1. The lowest BCUT2D eigenvalue weighted by atomic mass is 10.2. The Bertz CT molecular complexity index is 1610. The molecular formula is C31H41N5O4S2. The number of carbonyl (C=O) groups excluding carboxylic acids is 1. The van der Waals surface area contributed by atoms with Gasteiger partial charge in [-0.05, 0) is 75.1 Å². The van der Waals surface area contributed by atoms with Crippen molar-refractivity contribution in [3.05, 3.63) is 65.5 Å². The average molecular weight is 612 g/mol. The lowest BCUT2D eigenvalue weighted by Gasteiger charge is -2.26. The highest BCUT2D eigenvalue weighted by Crippen LogP contribution is 2.35. The van der Waals surface area contributed by atoms with Crippen LogP contribution in [0.5, 0.6) is 5.75 Å². The smallest absolute Gasteiger partial charge is 0.260 e. The summed E-state index contributed by atoms with van der Waals surface area (Å²) < 4.78 is 37.1. The van der Waals surface area contributed by atoms with Gasteiger partial charge in [0, 0.05) is 30.9 Å². The van der Waals surface area contributed by atoms with Crippen LogP contribution in [0.25, 0.3) is 10.2 Å². The molecule has 0 bridgehead atoms. The van der Waals surface area contributed by atoms with Gasteiger partial charge in [-0.1, -0.05) is 45.1 Å². The first-order valence-electron chi connectivity index (χ1n) is 14.4. The van der Waals surface area contributed by atoms with E-state index in [2.05, 4.69) is 5.10 Å². The molecule has 226 valence electrons. The van der Waals surface area contributed by atoms with Crippen LogP contribution in [0.3, 0.4) is 0 Å². The van der Waals surface area contributed by atoms with Crippen LogP contribution < -0.4 is 9.64 Å². The highest BCUT2D eigenvalue weighted by Gasteiger charge is 2.27. The van der Waals surface area contributed by atoms with Gasteiger partial charge < -0.3 is 4.74 Å². The molecule has 11 heteroatoms. The summed E-state index contributed by atoms with van der Waals surface area (Å²) in [5.74, 6) is 0.781. The number of fused-ring (bicyclic) bond motifs is 1. The Balaban J connectivity index is 1.68. The van der Waals surface area contributed by atoms with Gasteiger partial charge in [-0.15, -0.1) is 0 Å². The van der Waals surface area contributed by atoms with E-state index in [1.807, 2.05) is 77.4 Å². The van der Waals surface area contributed by atoms with Gasteiger partial charge in [0.05, 0.1) is 28.4 Å². The largest absolute Gasteiger partial charge is 0.492 e. The molecule has 0 aliphatic heterocycles. The van der Waals surface area contributed by atoms with Crippen molar-refractivity contribution in [3.63, 3.8) is 0 Å². The predicted octanol–water partition coefficient (Wildman–Crippen LogP) is 6.16. The standard InChI is InChI=1S/C31H41N5O4S2/c1-8-40-27-10-9-11-28-29(27)32-31(41-28)35(16-17-36-24(7)18-23(6)33-36)30(37)25-12-14-26(15-13-25)42(38,39)34(19-21(2)3)20-22(4)5/h9-15,18,21-22H,8,16-17,19-20H2,1-7H3. The number of aryl methyl sites for hydroxylation is 2. The molecule has 2 aromatic heterocycles. The summed E-state index contributed by atoms with van der Waals surface area (Å²) >= 11 is 1.42. The van der Waals surface area contributed by atoms with Gasteiger partial charge in [0.15, 0.2) is 5.13 Å². The van der Waals surface area contributed by atoms with Gasteiger partial charge in [0.1, 0.15) is 11.3 Å². The number of anilines is 1. The predicted molar refractivity (Wildman–Crippen MR) is 169 cm³/mol. The molecule has 0 fully saturated rings. The SMILES string of the molecule is CCOc1cccc2sc(N(CCn3nc(C)cc3C)C(=O)c3ccc(S(=O)(=O)N(CC(C)C)CC(C)C)cc3)nc12. The number of ether oxygens (including phenoxy) is 1. The number of para-hydroxylation sites is 1. The topological polar surface area (TPSA) is 97.6 Å². The molecule has 0 radical (unpaired) electrons. The van der Waals surface area contributed by atoms with Crippen molar-refractivity contribution in [2.45, 2.75) is 59.9 Å². The maximum Gasteiger partial charge on any atom is 0.260 e. The van der Waals surface area contributed by atoms with E-state index in [0.29, 0.717) is 54.7 Å². The Kier molecular flexibility index (Phi) is 10.1. The molecule has 2 heterocycles. The maximum atomic E-state index is 14.0. The summed E-state index contributed by atoms with van der Waals surface area (Å²) in [4.78, 5) is 20.6. The molecule has 4 rings (SSSR count). The van der Waals surface area contributed by atoms with Gasteiger partial charge >= 0.3 is 0 Å². The van der Waals surface area contributed by atoms with Crippen LogP contribution in [0.1, 0.15) is 56.4 Å². The average Bonchev–Trinajstić information content (AvgIpc) is 3.50. The minimum absolute atomic E-state index is 0.177. The lowest BCUT2D eigenvalue weighted by molar-refractivity contribution is 0.0985. The molecule has 9 nitrogen and oxygen atoms in total. The van der Waals surface area contributed by atoms with Gasteiger partial charge in [0.25, 0.3) is 5.91 Å². The van der Waals surface area contributed by atoms with Crippen molar-refractivity contribution in [2.24, 2.45) is 11.8 Å². The third-order valence-corrected chi connectivity index (χ3v) is 9.55. The van der Waals surface area contributed by atoms with Crippen molar-refractivity contribution in [1.29, 1.82) is 0 Å². The van der Waals surface area contributed by atoms with E-state index in [0.717, 1.165) is 16.1 Å². The van der Waals surface area contributed by atoms with Crippen molar-refractivity contribution >= 4 is 42.6 Å². The molecule has 0 atom stereocenters. The molecule has 0 unspecified atom stereocenters. The van der Waals surface area contributed by atoms with Gasteiger partial charge in [-0.2, -0.15) is 9.40 Å². The van der Waals surface area contributed by atoms with E-state index in [4.69, 9.17) is 9.72 Å². The highest BCUT2D eigenvalue weighted by atomic mass is 32.2. The van der Waals surface area contributed by atoms with Crippen molar-refractivity contribution in [3.8, 4) is 5.75 Å². The fourth-order valence-corrected chi connectivity index (χ4v) is 7.61. The molecule has 0 aliphatic rings. The van der Waals surface area contributed by atoms with E-state index >= 15 is 0 Å². The minimum Gasteiger partial charge on any atom is -0.492 e. The number of hydrogen-bond donors (Lipinski definition) is 0. The van der Waals surface area contributed by atoms with E-state index in [-0.39, 0.29) is 22.6 Å². The summed E-state index contributed by atoms with van der Waals surface area (Å²) in [5, 5.41) is 5.10. The minimum atomic E-state index is -3.71. The third-order valence-electron chi connectivity index (χ3n) is 6.66. The number of sulfonamides is 1. The fourth-order valence-electron chi connectivity index (χ4n) is 4.84. The zero-order valence-electron chi connectivity index (χ0n) is 25.5. The number of hydrogen-bond acceptors (Lipinski definition) is 7. The quantitative estimate of drug-likeness (QED) is 0.180. The number of thiazole rings is 1. The second-order valence-corrected chi connectivity index (χ2v) is 14.2. The molecule has 4 aromatic rings. The molecule has 0 saturated heterocycles. The highest BCUT2D eigenvalue weighted by molar-refractivity contribution is 7.89. The number of aromatic nitrogens is 3. The van der Waals surface area contributed by atoms with Crippen LogP contribution >= 0.6 is 11.3 Å². The van der Waals surface area contributed by atoms with Gasteiger partial charge in [-0.25, -0.2) is 13.4 Å². The van der Waals surface area contributed by atoms with Crippen LogP contribution in [0.15, 0.2) is 53.4 Å². The summed E-state index contributed by atoms with van der Waals surface area (Å²) in [7, 11) is -3.71. The van der Waals surface area contributed by atoms with Gasteiger partial charge in [-0.3, -0.25) is 14.4 Å². The molecule has 42 heavy (non-hydrogen) atoms. The molecule has 0 saturated carbocycles.